The summed E-state index contributed by atoms with van der Waals surface area (Å²) in [7, 11) is 0. The second-order valence-electron chi connectivity index (χ2n) is 7.32. The zero-order chi connectivity index (χ0) is 21.1. The van der Waals surface area contributed by atoms with Crippen molar-refractivity contribution in [2.24, 2.45) is 0 Å². The van der Waals surface area contributed by atoms with Crippen molar-refractivity contribution in [3.63, 3.8) is 0 Å². The van der Waals surface area contributed by atoms with Crippen LogP contribution in [0.25, 0.3) is 28.5 Å². The van der Waals surface area contributed by atoms with Gasteiger partial charge in [0.25, 0.3) is 5.91 Å². The molecule has 1 aromatic heterocycles. The number of fused-ring (bicyclic) bond motifs is 1. The van der Waals surface area contributed by atoms with Crippen LogP contribution in [0, 0.1) is 6.92 Å². The number of hydrogen-bond donors (Lipinski definition) is 2. The summed E-state index contributed by atoms with van der Waals surface area (Å²) >= 11 is 0. The Hall–Kier alpha value is -3.70. The number of aromatic nitrogens is 2. The second kappa shape index (κ2) is 8.35. The van der Waals surface area contributed by atoms with E-state index in [1.165, 1.54) is 17.2 Å². The highest BCUT2D eigenvalue weighted by Gasteiger charge is 2.18. The van der Waals surface area contributed by atoms with E-state index in [0.717, 1.165) is 28.0 Å². The van der Waals surface area contributed by atoms with E-state index in [4.69, 9.17) is 10.2 Å². The third kappa shape index (κ3) is 3.88. The summed E-state index contributed by atoms with van der Waals surface area (Å²) in [6.07, 6.45) is 2.95. The molecule has 3 aromatic carbocycles. The predicted molar refractivity (Wildman–Crippen MR) is 119 cm³/mol. The maximum absolute atomic E-state index is 11.3. The van der Waals surface area contributed by atoms with Gasteiger partial charge in [0.2, 0.25) is 0 Å². The molecule has 2 N–H and O–H groups in total. The van der Waals surface area contributed by atoms with Crippen molar-refractivity contribution >= 4 is 23.0 Å². The molecule has 0 aliphatic carbocycles. The standard InChI is InChI=1S/C25H23N3O2/c1-17-10-13-20(14-11-17)18(2)28-23-9-4-3-8-22(23)26-25(28)21-7-5-6-19(16-21)12-15-24(29)27-30/h3-16,18,30H,1-2H3,(H,27,29)/b15-12+/t18-/m1/s1. The Morgan fingerprint density at radius 2 is 1.83 bits per heavy atom. The number of aryl methyl sites for hydroxylation is 1. The van der Waals surface area contributed by atoms with Gasteiger partial charge in [-0.2, -0.15) is 0 Å². The number of amides is 1. The maximum atomic E-state index is 11.3. The van der Waals surface area contributed by atoms with Crippen LogP contribution in [0.5, 0.6) is 0 Å². The van der Waals surface area contributed by atoms with Gasteiger partial charge in [-0.3, -0.25) is 10.0 Å². The SMILES string of the molecule is Cc1ccc([C@@H](C)n2c(-c3cccc(/C=C/C(=O)NO)c3)nc3ccccc32)cc1. The number of rotatable bonds is 5. The van der Waals surface area contributed by atoms with E-state index < -0.39 is 5.91 Å². The number of hydrogen-bond acceptors (Lipinski definition) is 3. The monoisotopic (exact) mass is 397 g/mol. The minimum atomic E-state index is -0.569. The van der Waals surface area contributed by atoms with Gasteiger partial charge in [0, 0.05) is 11.6 Å². The number of nitrogens with one attached hydrogen (secondary N) is 1. The third-order valence-electron chi connectivity index (χ3n) is 5.23. The van der Waals surface area contributed by atoms with Gasteiger partial charge < -0.3 is 4.57 Å². The first-order valence-corrected chi connectivity index (χ1v) is 9.83. The predicted octanol–water partition coefficient (Wildman–Crippen LogP) is 5.14. The lowest BCUT2D eigenvalue weighted by atomic mass is 10.0. The van der Waals surface area contributed by atoms with Crippen LogP contribution < -0.4 is 5.48 Å². The summed E-state index contributed by atoms with van der Waals surface area (Å²) in [6, 6.07) is 24.6. The minimum Gasteiger partial charge on any atom is -0.317 e. The summed E-state index contributed by atoms with van der Waals surface area (Å²) in [5.74, 6) is 0.298. The Morgan fingerprint density at radius 1 is 1.07 bits per heavy atom. The average Bonchev–Trinajstić information content (AvgIpc) is 3.17. The van der Waals surface area contributed by atoms with Crippen molar-refractivity contribution < 1.29 is 10.0 Å². The van der Waals surface area contributed by atoms with Gasteiger partial charge in [0.05, 0.1) is 17.1 Å². The highest BCUT2D eigenvalue weighted by atomic mass is 16.5. The van der Waals surface area contributed by atoms with Gasteiger partial charge in [0.1, 0.15) is 5.82 Å². The quantitative estimate of drug-likeness (QED) is 0.278. The fourth-order valence-electron chi connectivity index (χ4n) is 3.62. The van der Waals surface area contributed by atoms with E-state index in [2.05, 4.69) is 48.7 Å². The normalized spacial score (nSPS) is 12.4. The average molecular weight is 397 g/mol. The number of carbonyl (C=O) groups excluding carboxylic acids is 1. The van der Waals surface area contributed by atoms with Crippen LogP contribution in [0.15, 0.2) is 78.9 Å². The highest BCUT2D eigenvalue weighted by molar-refractivity contribution is 5.91. The largest absolute Gasteiger partial charge is 0.317 e. The van der Waals surface area contributed by atoms with Gasteiger partial charge in [-0.25, -0.2) is 10.5 Å². The number of para-hydroxylation sites is 2. The Balaban J connectivity index is 1.84. The van der Waals surface area contributed by atoms with Crippen molar-refractivity contribution in [1.82, 2.24) is 15.0 Å². The zero-order valence-electron chi connectivity index (χ0n) is 16.9. The highest BCUT2D eigenvalue weighted by Crippen LogP contribution is 2.32. The molecule has 5 heteroatoms. The first-order valence-electron chi connectivity index (χ1n) is 9.83. The second-order valence-corrected chi connectivity index (χ2v) is 7.32. The molecule has 5 nitrogen and oxygen atoms in total. The molecule has 0 bridgehead atoms. The van der Waals surface area contributed by atoms with Gasteiger partial charge in [-0.05, 0) is 49.2 Å². The Labute approximate surface area is 175 Å². The Bertz CT molecular complexity index is 1220. The van der Waals surface area contributed by atoms with Crippen molar-refractivity contribution in [2.45, 2.75) is 19.9 Å². The van der Waals surface area contributed by atoms with Gasteiger partial charge in [-0.1, -0.05) is 60.2 Å². The van der Waals surface area contributed by atoms with E-state index in [1.54, 1.807) is 11.6 Å². The summed E-state index contributed by atoms with van der Waals surface area (Å²) < 4.78 is 2.25. The number of carbonyl (C=O) groups is 1. The zero-order valence-corrected chi connectivity index (χ0v) is 16.9. The van der Waals surface area contributed by atoms with Crippen LogP contribution in [-0.4, -0.2) is 20.7 Å². The molecule has 0 spiro atoms. The molecular formula is C25H23N3O2. The van der Waals surface area contributed by atoms with E-state index in [9.17, 15) is 4.79 Å². The summed E-state index contributed by atoms with van der Waals surface area (Å²) in [5, 5.41) is 8.68. The third-order valence-corrected chi connectivity index (χ3v) is 5.23. The molecule has 4 rings (SSSR count). The topological polar surface area (TPSA) is 67.2 Å². The molecule has 0 saturated carbocycles. The van der Waals surface area contributed by atoms with Crippen molar-refractivity contribution in [2.75, 3.05) is 0 Å². The number of benzene rings is 3. The molecule has 0 unspecified atom stereocenters. The molecule has 1 amide bonds. The lowest BCUT2D eigenvalue weighted by Crippen LogP contribution is -2.14. The first kappa shape index (κ1) is 19.6. The van der Waals surface area contributed by atoms with Crippen molar-refractivity contribution in [1.29, 1.82) is 0 Å². The molecule has 0 saturated heterocycles. The molecule has 0 aliphatic rings. The molecule has 4 aromatic rings. The molecule has 30 heavy (non-hydrogen) atoms. The molecule has 0 aliphatic heterocycles. The van der Waals surface area contributed by atoms with E-state index in [0.29, 0.717) is 0 Å². The van der Waals surface area contributed by atoms with Crippen LogP contribution in [-0.2, 0) is 4.79 Å². The minimum absolute atomic E-state index is 0.0902. The summed E-state index contributed by atoms with van der Waals surface area (Å²) in [5.41, 5.74) is 7.85. The molecule has 150 valence electrons. The van der Waals surface area contributed by atoms with Gasteiger partial charge >= 0.3 is 0 Å². The maximum Gasteiger partial charge on any atom is 0.267 e. The molecular weight excluding hydrogens is 374 g/mol. The smallest absolute Gasteiger partial charge is 0.267 e. The Kier molecular flexibility index (Phi) is 5.46. The van der Waals surface area contributed by atoms with Crippen LogP contribution >= 0.6 is 0 Å². The summed E-state index contributed by atoms with van der Waals surface area (Å²) in [6.45, 7) is 4.26. The van der Waals surface area contributed by atoms with Crippen LogP contribution in [0.2, 0.25) is 0 Å². The first-order chi connectivity index (χ1) is 14.6. The van der Waals surface area contributed by atoms with Crippen molar-refractivity contribution in [3.8, 4) is 11.4 Å². The van der Waals surface area contributed by atoms with E-state index in [-0.39, 0.29) is 6.04 Å². The lowest BCUT2D eigenvalue weighted by Gasteiger charge is -2.19. The number of nitrogens with zero attached hydrogens (tertiary/aromatic N) is 2. The number of hydroxylamine groups is 1. The lowest BCUT2D eigenvalue weighted by molar-refractivity contribution is -0.124. The van der Waals surface area contributed by atoms with Crippen molar-refractivity contribution in [3.05, 3.63) is 95.6 Å². The fourth-order valence-corrected chi connectivity index (χ4v) is 3.62. The molecule has 1 heterocycles. The molecule has 0 radical (unpaired) electrons. The summed E-state index contributed by atoms with van der Waals surface area (Å²) in [4.78, 5) is 16.2. The van der Waals surface area contributed by atoms with Crippen LogP contribution in [0.3, 0.4) is 0 Å². The van der Waals surface area contributed by atoms with Gasteiger partial charge in [0.15, 0.2) is 0 Å². The van der Waals surface area contributed by atoms with E-state index >= 15 is 0 Å². The van der Waals surface area contributed by atoms with Crippen LogP contribution in [0.1, 0.15) is 29.7 Å². The Morgan fingerprint density at radius 3 is 2.60 bits per heavy atom. The van der Waals surface area contributed by atoms with E-state index in [1.807, 2.05) is 42.5 Å². The van der Waals surface area contributed by atoms with Crippen LogP contribution in [0.4, 0.5) is 0 Å². The molecule has 0 fully saturated rings. The number of imidazole rings is 1. The fraction of sp³-hybridized carbons (Fsp3) is 0.120. The van der Waals surface area contributed by atoms with Gasteiger partial charge in [-0.15, -0.1) is 0 Å². The molecule has 1 atom stereocenters.